The Morgan fingerprint density at radius 3 is 1.43 bits per heavy atom. The minimum Gasteiger partial charge on any atom is -0.478 e. The number of carbonyl (C=O) groups is 2. The molecule has 0 amide bonds. The number of aromatic carboxylic acids is 2. The summed E-state index contributed by atoms with van der Waals surface area (Å²) in [7, 11) is 0. The number of benzene rings is 1. The predicted octanol–water partition coefficient (Wildman–Crippen LogP) is 6.60. The lowest BCUT2D eigenvalue weighted by Crippen LogP contribution is -2.15. The molecule has 0 heterocycles. The van der Waals surface area contributed by atoms with Gasteiger partial charge in [-0.25, -0.2) is 9.59 Å². The molecule has 28 heavy (non-hydrogen) atoms. The smallest absolute Gasteiger partial charge is 0.335 e. The molecular weight excluding hydrogens is 352 g/mol. The highest BCUT2D eigenvalue weighted by atomic mass is 16.4. The average Bonchev–Trinajstić information content (AvgIpc) is 2.67. The van der Waals surface area contributed by atoms with Crippen LogP contribution in [-0.2, 0) is 12.8 Å². The molecule has 0 spiro atoms. The van der Waals surface area contributed by atoms with Crippen molar-refractivity contribution >= 4 is 11.9 Å². The van der Waals surface area contributed by atoms with Crippen LogP contribution in [0.3, 0.4) is 0 Å². The normalized spacial score (nSPS) is 13.3. The fourth-order valence-electron chi connectivity index (χ4n) is 3.94. The van der Waals surface area contributed by atoms with Crippen molar-refractivity contribution in [3.8, 4) is 0 Å². The van der Waals surface area contributed by atoms with E-state index in [1.54, 1.807) is 0 Å². The molecule has 1 aromatic carbocycles. The van der Waals surface area contributed by atoms with Gasteiger partial charge in [-0.3, -0.25) is 0 Å². The van der Waals surface area contributed by atoms with E-state index in [0.29, 0.717) is 24.7 Å². The molecule has 0 bridgehead atoms. The van der Waals surface area contributed by atoms with Gasteiger partial charge in [0.2, 0.25) is 0 Å². The molecule has 2 N–H and O–H groups in total. The monoisotopic (exact) mass is 390 g/mol. The second kappa shape index (κ2) is 12.6. The van der Waals surface area contributed by atoms with Gasteiger partial charge in [0.05, 0.1) is 11.1 Å². The van der Waals surface area contributed by atoms with Gasteiger partial charge < -0.3 is 10.2 Å². The Bertz CT molecular complexity index is 584. The van der Waals surface area contributed by atoms with E-state index in [4.69, 9.17) is 0 Å². The van der Waals surface area contributed by atoms with Crippen LogP contribution in [0, 0.1) is 11.8 Å². The first-order valence-electron chi connectivity index (χ1n) is 11.0. The van der Waals surface area contributed by atoms with E-state index in [9.17, 15) is 19.8 Å². The summed E-state index contributed by atoms with van der Waals surface area (Å²) in [4.78, 5) is 23.6. The molecular formula is C24H38O4. The number of carboxylic acid groups (broad SMARTS) is 2. The highest BCUT2D eigenvalue weighted by molar-refractivity contribution is 5.96. The maximum Gasteiger partial charge on any atom is 0.335 e. The number of hydrogen-bond acceptors (Lipinski definition) is 2. The van der Waals surface area contributed by atoms with Crippen LogP contribution in [0.1, 0.15) is 111 Å². The molecule has 0 saturated carbocycles. The molecule has 4 heteroatoms. The quantitative estimate of drug-likeness (QED) is 0.375. The second-order valence-corrected chi connectivity index (χ2v) is 8.02. The van der Waals surface area contributed by atoms with E-state index >= 15 is 0 Å². The minimum absolute atomic E-state index is 0.151. The van der Waals surface area contributed by atoms with E-state index in [2.05, 4.69) is 27.7 Å². The Kier molecular flexibility index (Phi) is 10.9. The van der Waals surface area contributed by atoms with Gasteiger partial charge in [0.1, 0.15) is 0 Å². The maximum atomic E-state index is 11.8. The number of unbranched alkanes of at least 4 members (excludes halogenated alkanes) is 2. The fraction of sp³-hybridized carbons (Fsp3) is 0.667. The van der Waals surface area contributed by atoms with Crippen LogP contribution < -0.4 is 0 Å². The minimum atomic E-state index is -1.03. The molecule has 0 aliphatic carbocycles. The number of rotatable bonds is 14. The first-order chi connectivity index (χ1) is 13.4. The Morgan fingerprint density at radius 1 is 0.750 bits per heavy atom. The molecule has 2 atom stereocenters. The molecule has 1 rings (SSSR count). The lowest BCUT2D eigenvalue weighted by Gasteiger charge is -2.20. The summed E-state index contributed by atoms with van der Waals surface area (Å²) in [5.41, 5.74) is 1.89. The molecule has 0 saturated heterocycles. The zero-order valence-electron chi connectivity index (χ0n) is 18.1. The van der Waals surface area contributed by atoms with Crippen molar-refractivity contribution in [2.45, 2.75) is 91.9 Å². The van der Waals surface area contributed by atoms with Crippen LogP contribution in [0.5, 0.6) is 0 Å². The van der Waals surface area contributed by atoms with Gasteiger partial charge in [-0.2, -0.15) is 0 Å². The van der Waals surface area contributed by atoms with Crippen molar-refractivity contribution in [2.24, 2.45) is 11.8 Å². The van der Waals surface area contributed by atoms with Crippen LogP contribution in [0.25, 0.3) is 0 Å². The zero-order valence-corrected chi connectivity index (χ0v) is 18.1. The summed E-state index contributed by atoms with van der Waals surface area (Å²) in [6, 6.07) is 3.28. The molecule has 158 valence electrons. The second-order valence-electron chi connectivity index (χ2n) is 8.02. The largest absolute Gasteiger partial charge is 0.478 e. The van der Waals surface area contributed by atoms with E-state index < -0.39 is 11.9 Å². The lowest BCUT2D eigenvalue weighted by molar-refractivity contribution is 0.0694. The van der Waals surface area contributed by atoms with Crippen molar-refractivity contribution in [1.82, 2.24) is 0 Å². The van der Waals surface area contributed by atoms with Crippen LogP contribution in [0.4, 0.5) is 0 Å². The third-order valence-corrected chi connectivity index (χ3v) is 5.89. The Morgan fingerprint density at radius 2 is 1.14 bits per heavy atom. The summed E-state index contributed by atoms with van der Waals surface area (Å²) in [6.07, 6.45) is 10.1. The molecule has 0 fully saturated rings. The van der Waals surface area contributed by atoms with Crippen molar-refractivity contribution in [3.63, 3.8) is 0 Å². The Balaban J connectivity index is 3.29. The molecule has 0 aliphatic rings. The topological polar surface area (TPSA) is 74.6 Å². The predicted molar refractivity (Wildman–Crippen MR) is 114 cm³/mol. The van der Waals surface area contributed by atoms with E-state index in [0.717, 1.165) is 62.5 Å². The van der Waals surface area contributed by atoms with E-state index in [1.807, 2.05) is 6.07 Å². The van der Waals surface area contributed by atoms with Crippen LogP contribution >= 0.6 is 0 Å². The molecule has 1 aromatic rings. The summed E-state index contributed by atoms with van der Waals surface area (Å²) < 4.78 is 0. The van der Waals surface area contributed by atoms with Gasteiger partial charge in [0.15, 0.2) is 0 Å². The zero-order chi connectivity index (χ0) is 21.1. The van der Waals surface area contributed by atoms with Crippen LogP contribution in [0.15, 0.2) is 12.1 Å². The number of carboxylic acids is 2. The number of hydrogen-bond donors (Lipinski definition) is 2. The van der Waals surface area contributed by atoms with Crippen molar-refractivity contribution in [1.29, 1.82) is 0 Å². The summed E-state index contributed by atoms with van der Waals surface area (Å²) in [6.45, 7) is 8.61. The summed E-state index contributed by atoms with van der Waals surface area (Å²) >= 11 is 0. The van der Waals surface area contributed by atoms with Gasteiger partial charge in [0.25, 0.3) is 0 Å². The molecule has 0 radical (unpaired) electrons. The first-order valence-corrected chi connectivity index (χ1v) is 11.0. The van der Waals surface area contributed by atoms with Crippen LogP contribution in [0.2, 0.25) is 0 Å². The SMILES string of the molecule is CCCCC(CC)Cc1cc(C[C@H](CC)CCCC)c(C(=O)O)cc1C(=O)O. The third-order valence-electron chi connectivity index (χ3n) is 5.89. The summed E-state index contributed by atoms with van der Waals surface area (Å²) in [5, 5.41) is 19.4. The van der Waals surface area contributed by atoms with Gasteiger partial charge in [0, 0.05) is 0 Å². The highest BCUT2D eigenvalue weighted by Gasteiger charge is 2.22. The molecule has 0 aliphatic heterocycles. The van der Waals surface area contributed by atoms with Crippen molar-refractivity contribution in [2.75, 3.05) is 0 Å². The van der Waals surface area contributed by atoms with Crippen molar-refractivity contribution in [3.05, 3.63) is 34.4 Å². The first kappa shape index (κ1) is 24.2. The van der Waals surface area contributed by atoms with Gasteiger partial charge in [-0.05, 0) is 41.9 Å². The highest BCUT2D eigenvalue weighted by Crippen LogP contribution is 2.27. The molecule has 4 nitrogen and oxygen atoms in total. The molecule has 0 aromatic heterocycles. The van der Waals surface area contributed by atoms with Gasteiger partial charge in [-0.15, -0.1) is 0 Å². The molecule has 1 unspecified atom stereocenters. The van der Waals surface area contributed by atoms with Crippen LogP contribution in [-0.4, -0.2) is 22.2 Å². The van der Waals surface area contributed by atoms with Gasteiger partial charge >= 0.3 is 11.9 Å². The van der Waals surface area contributed by atoms with E-state index in [-0.39, 0.29) is 11.1 Å². The Hall–Kier alpha value is -1.84. The lowest BCUT2D eigenvalue weighted by atomic mass is 9.84. The van der Waals surface area contributed by atoms with E-state index in [1.165, 1.54) is 6.07 Å². The standard InChI is InChI=1S/C24H38O4/c1-5-9-11-17(7-3)13-19-15-20(14-18(8-4)12-10-6-2)22(24(27)28)16-21(19)23(25)26/h15-18H,5-14H2,1-4H3,(H,25,26)(H,27,28)/t17-,18?/m1/s1. The van der Waals surface area contributed by atoms with Gasteiger partial charge in [-0.1, -0.05) is 85.1 Å². The Labute approximate surface area is 170 Å². The maximum absolute atomic E-state index is 11.8. The summed E-state index contributed by atoms with van der Waals surface area (Å²) in [5.74, 6) is -1.20. The van der Waals surface area contributed by atoms with Crippen molar-refractivity contribution < 1.29 is 19.8 Å². The average molecular weight is 391 g/mol. The third kappa shape index (κ3) is 7.29. The fourth-order valence-corrected chi connectivity index (χ4v) is 3.94.